The van der Waals surface area contributed by atoms with Gasteiger partial charge in [-0.1, -0.05) is 17.7 Å². The molecule has 4 atom stereocenters. The minimum Gasteiger partial charge on any atom is -0.481 e. The van der Waals surface area contributed by atoms with Crippen LogP contribution in [0.3, 0.4) is 0 Å². The summed E-state index contributed by atoms with van der Waals surface area (Å²) >= 11 is 6.00. The molecule has 0 saturated heterocycles. The Morgan fingerprint density at radius 1 is 1.40 bits per heavy atom. The zero-order chi connectivity index (χ0) is 14.3. The number of halogens is 2. The van der Waals surface area contributed by atoms with Gasteiger partial charge in [0.1, 0.15) is 5.82 Å². The molecule has 0 amide bonds. The number of fused-ring (bicyclic) bond motifs is 2. The van der Waals surface area contributed by atoms with Crippen LogP contribution in [-0.4, -0.2) is 17.1 Å². The molecule has 2 saturated carbocycles. The van der Waals surface area contributed by atoms with Gasteiger partial charge in [-0.2, -0.15) is 0 Å². The number of hydrogen-bond donors (Lipinski definition) is 2. The van der Waals surface area contributed by atoms with Crippen molar-refractivity contribution < 1.29 is 14.3 Å². The monoisotopic (exact) mass is 297 g/mol. The molecular weight excluding hydrogens is 281 g/mol. The zero-order valence-electron chi connectivity index (χ0n) is 11.0. The van der Waals surface area contributed by atoms with Gasteiger partial charge in [-0.05, 0) is 43.2 Å². The Balaban J connectivity index is 1.73. The Bertz CT molecular complexity index is 516. The number of carboxylic acids is 1. The van der Waals surface area contributed by atoms with E-state index in [1.54, 1.807) is 12.1 Å². The SMILES string of the molecule is O=C(O)C1C2CCC(C2)C1NCc1c(F)cccc1Cl. The van der Waals surface area contributed by atoms with Crippen LogP contribution in [0.2, 0.25) is 5.02 Å². The molecule has 0 heterocycles. The maximum atomic E-state index is 13.7. The molecule has 0 aliphatic heterocycles. The van der Waals surface area contributed by atoms with E-state index in [0.717, 1.165) is 19.3 Å². The van der Waals surface area contributed by atoms with E-state index >= 15 is 0 Å². The predicted octanol–water partition coefficient (Wildman–Crippen LogP) is 3.07. The molecule has 2 fully saturated rings. The fraction of sp³-hybridized carbons (Fsp3) is 0.533. The van der Waals surface area contributed by atoms with Crippen molar-refractivity contribution in [2.24, 2.45) is 17.8 Å². The third kappa shape index (κ3) is 2.31. The fourth-order valence-corrected chi connectivity index (χ4v) is 4.09. The highest BCUT2D eigenvalue weighted by Gasteiger charge is 2.50. The Morgan fingerprint density at radius 3 is 2.85 bits per heavy atom. The maximum Gasteiger partial charge on any atom is 0.308 e. The van der Waals surface area contributed by atoms with Gasteiger partial charge >= 0.3 is 5.97 Å². The predicted molar refractivity (Wildman–Crippen MR) is 74.0 cm³/mol. The van der Waals surface area contributed by atoms with Gasteiger partial charge in [0.25, 0.3) is 0 Å². The number of hydrogen-bond acceptors (Lipinski definition) is 2. The number of rotatable bonds is 4. The first-order valence-electron chi connectivity index (χ1n) is 6.97. The second kappa shape index (κ2) is 5.34. The zero-order valence-corrected chi connectivity index (χ0v) is 11.7. The van der Waals surface area contributed by atoms with E-state index in [0.29, 0.717) is 16.5 Å². The lowest BCUT2D eigenvalue weighted by Crippen LogP contribution is -2.44. The molecule has 2 N–H and O–H groups in total. The summed E-state index contributed by atoms with van der Waals surface area (Å²) in [4.78, 5) is 11.4. The van der Waals surface area contributed by atoms with E-state index in [9.17, 15) is 14.3 Å². The van der Waals surface area contributed by atoms with Crippen molar-refractivity contribution in [3.63, 3.8) is 0 Å². The molecule has 2 aliphatic carbocycles. The smallest absolute Gasteiger partial charge is 0.308 e. The Labute approximate surface area is 122 Å². The highest BCUT2D eigenvalue weighted by Crippen LogP contribution is 2.48. The molecule has 4 unspecified atom stereocenters. The van der Waals surface area contributed by atoms with Crippen LogP contribution in [0.4, 0.5) is 4.39 Å². The summed E-state index contributed by atoms with van der Waals surface area (Å²) in [6.45, 7) is 0.281. The first-order valence-corrected chi connectivity index (χ1v) is 7.35. The number of carbonyl (C=O) groups is 1. The standard InChI is InChI=1S/C15H17ClFNO2/c16-11-2-1-3-12(17)10(11)7-18-14-9-5-4-8(6-9)13(14)15(19)20/h1-3,8-9,13-14,18H,4-7H2,(H,19,20). The quantitative estimate of drug-likeness (QED) is 0.898. The highest BCUT2D eigenvalue weighted by atomic mass is 35.5. The second-order valence-electron chi connectivity index (χ2n) is 5.80. The number of carboxylic acid groups (broad SMARTS) is 1. The molecule has 3 rings (SSSR count). The molecule has 0 radical (unpaired) electrons. The van der Waals surface area contributed by atoms with Crippen molar-refractivity contribution in [2.45, 2.75) is 31.8 Å². The molecule has 108 valence electrons. The minimum absolute atomic E-state index is 0.0677. The summed E-state index contributed by atoms with van der Waals surface area (Å²) < 4.78 is 13.7. The summed E-state index contributed by atoms with van der Waals surface area (Å²) in [5, 5.41) is 13.0. The molecule has 5 heteroatoms. The first-order chi connectivity index (χ1) is 9.58. The summed E-state index contributed by atoms with van der Waals surface area (Å²) in [6, 6.07) is 4.52. The first kappa shape index (κ1) is 13.8. The normalized spacial score (nSPS) is 31.7. The van der Waals surface area contributed by atoms with Gasteiger partial charge in [-0.15, -0.1) is 0 Å². The third-order valence-electron chi connectivity index (χ3n) is 4.78. The summed E-state index contributed by atoms with van der Waals surface area (Å²) in [5.74, 6) is -0.772. The number of benzene rings is 1. The lowest BCUT2D eigenvalue weighted by molar-refractivity contribution is -0.144. The van der Waals surface area contributed by atoms with Gasteiger partial charge < -0.3 is 10.4 Å². The third-order valence-corrected chi connectivity index (χ3v) is 5.13. The van der Waals surface area contributed by atoms with Gasteiger partial charge in [-0.25, -0.2) is 4.39 Å². The van der Waals surface area contributed by atoms with Gasteiger partial charge in [0.15, 0.2) is 0 Å². The van der Waals surface area contributed by atoms with Crippen molar-refractivity contribution in [3.8, 4) is 0 Å². The van der Waals surface area contributed by atoms with E-state index < -0.39 is 5.97 Å². The van der Waals surface area contributed by atoms with Gasteiger partial charge in [0, 0.05) is 23.2 Å². The van der Waals surface area contributed by atoms with Crippen molar-refractivity contribution in [3.05, 3.63) is 34.6 Å². The molecular formula is C15H17ClFNO2. The molecule has 0 aromatic heterocycles. The Morgan fingerprint density at radius 2 is 2.15 bits per heavy atom. The van der Waals surface area contributed by atoms with E-state index in [1.165, 1.54) is 6.07 Å². The van der Waals surface area contributed by atoms with Gasteiger partial charge in [0.2, 0.25) is 0 Å². The Kier molecular flexibility index (Phi) is 3.69. The van der Waals surface area contributed by atoms with E-state index in [-0.39, 0.29) is 30.2 Å². The van der Waals surface area contributed by atoms with Gasteiger partial charge in [0.05, 0.1) is 5.92 Å². The summed E-state index contributed by atoms with van der Waals surface area (Å²) in [7, 11) is 0. The van der Waals surface area contributed by atoms with Crippen LogP contribution in [0.5, 0.6) is 0 Å². The van der Waals surface area contributed by atoms with E-state index in [4.69, 9.17) is 11.6 Å². The topological polar surface area (TPSA) is 49.3 Å². The van der Waals surface area contributed by atoms with E-state index in [1.807, 2.05) is 0 Å². The van der Waals surface area contributed by atoms with Crippen LogP contribution in [-0.2, 0) is 11.3 Å². The van der Waals surface area contributed by atoms with Crippen molar-refractivity contribution in [1.29, 1.82) is 0 Å². The number of nitrogens with one attached hydrogen (secondary N) is 1. The van der Waals surface area contributed by atoms with Crippen molar-refractivity contribution in [1.82, 2.24) is 5.32 Å². The fourth-order valence-electron chi connectivity index (χ4n) is 3.86. The van der Waals surface area contributed by atoms with Gasteiger partial charge in [-0.3, -0.25) is 4.79 Å². The summed E-state index contributed by atoms with van der Waals surface area (Å²) in [6.07, 6.45) is 3.04. The number of aliphatic carboxylic acids is 1. The minimum atomic E-state index is -0.741. The van der Waals surface area contributed by atoms with Crippen LogP contribution >= 0.6 is 11.6 Å². The Hall–Kier alpha value is -1.13. The van der Waals surface area contributed by atoms with Crippen LogP contribution in [0, 0.1) is 23.6 Å². The van der Waals surface area contributed by atoms with Crippen LogP contribution in [0.25, 0.3) is 0 Å². The molecule has 20 heavy (non-hydrogen) atoms. The second-order valence-corrected chi connectivity index (χ2v) is 6.21. The molecule has 2 bridgehead atoms. The summed E-state index contributed by atoms with van der Waals surface area (Å²) in [5.41, 5.74) is 0.418. The lowest BCUT2D eigenvalue weighted by Gasteiger charge is -2.29. The molecule has 1 aromatic rings. The molecule has 1 aromatic carbocycles. The molecule has 0 spiro atoms. The molecule has 3 nitrogen and oxygen atoms in total. The van der Waals surface area contributed by atoms with Crippen molar-refractivity contribution >= 4 is 17.6 Å². The lowest BCUT2D eigenvalue weighted by atomic mass is 9.84. The maximum absolute atomic E-state index is 13.7. The van der Waals surface area contributed by atoms with Crippen LogP contribution in [0.15, 0.2) is 18.2 Å². The van der Waals surface area contributed by atoms with Crippen molar-refractivity contribution in [2.75, 3.05) is 0 Å². The van der Waals surface area contributed by atoms with Crippen LogP contribution in [0.1, 0.15) is 24.8 Å². The highest BCUT2D eigenvalue weighted by molar-refractivity contribution is 6.31. The van der Waals surface area contributed by atoms with Crippen LogP contribution < -0.4 is 5.32 Å². The average molecular weight is 298 g/mol. The van der Waals surface area contributed by atoms with E-state index in [2.05, 4.69) is 5.32 Å². The largest absolute Gasteiger partial charge is 0.481 e. The average Bonchev–Trinajstić information content (AvgIpc) is 2.98. The molecule has 2 aliphatic rings.